The molecule has 1 saturated carbocycles. The molecule has 5 heteroatoms. The van der Waals surface area contributed by atoms with Crippen LogP contribution in [0.5, 0.6) is 0 Å². The lowest BCUT2D eigenvalue weighted by molar-refractivity contribution is 1.04. The van der Waals surface area contributed by atoms with Crippen LogP contribution in [0.2, 0.25) is 0 Å². The van der Waals surface area contributed by atoms with Gasteiger partial charge in [0.05, 0.1) is 5.69 Å². The van der Waals surface area contributed by atoms with Gasteiger partial charge >= 0.3 is 0 Å². The van der Waals surface area contributed by atoms with Crippen molar-refractivity contribution in [3.05, 3.63) is 30.2 Å². The molecular formula is C12H13N3S2. The summed E-state index contributed by atoms with van der Waals surface area (Å²) >= 11 is 6.08. The Kier molecular flexibility index (Phi) is 2.80. The summed E-state index contributed by atoms with van der Waals surface area (Å²) in [4.78, 5) is 8.89. The molecule has 0 spiro atoms. The van der Waals surface area contributed by atoms with E-state index in [1.165, 1.54) is 18.5 Å². The van der Waals surface area contributed by atoms with Gasteiger partial charge in [-0.1, -0.05) is 24.2 Å². The molecular weight excluding hydrogens is 250 g/mol. The number of nitrogens with zero attached hydrogens (tertiary/aromatic N) is 3. The van der Waals surface area contributed by atoms with Gasteiger partial charge in [-0.25, -0.2) is 4.98 Å². The van der Waals surface area contributed by atoms with E-state index in [0.717, 1.165) is 15.6 Å². The van der Waals surface area contributed by atoms with Crippen LogP contribution in [-0.2, 0) is 0 Å². The fraction of sp³-hybridized carbons (Fsp3) is 0.333. The first-order valence-electron chi connectivity index (χ1n) is 5.59. The van der Waals surface area contributed by atoms with Crippen LogP contribution in [-0.4, -0.2) is 17.0 Å². The monoisotopic (exact) mass is 263 g/mol. The maximum atomic E-state index is 4.75. The van der Waals surface area contributed by atoms with Crippen LogP contribution >= 0.6 is 24.2 Å². The Morgan fingerprint density at radius 3 is 2.88 bits per heavy atom. The van der Waals surface area contributed by atoms with Gasteiger partial charge in [0.25, 0.3) is 0 Å². The lowest BCUT2D eigenvalue weighted by atomic mass is 10.3. The first-order valence-corrected chi connectivity index (χ1v) is 6.81. The fourth-order valence-corrected chi connectivity index (χ4v) is 3.03. The number of aromatic nitrogens is 2. The van der Waals surface area contributed by atoms with Crippen LogP contribution in [0.4, 0.5) is 5.00 Å². The van der Waals surface area contributed by atoms with Crippen molar-refractivity contribution in [2.45, 2.75) is 18.8 Å². The third kappa shape index (κ3) is 2.17. The Labute approximate surface area is 110 Å². The molecule has 2 aromatic rings. The number of anilines is 1. The van der Waals surface area contributed by atoms with E-state index in [9.17, 15) is 0 Å². The molecule has 3 nitrogen and oxygen atoms in total. The zero-order chi connectivity index (χ0) is 11.8. The quantitative estimate of drug-likeness (QED) is 0.861. The molecule has 17 heavy (non-hydrogen) atoms. The van der Waals surface area contributed by atoms with E-state index in [2.05, 4.69) is 17.8 Å². The summed E-state index contributed by atoms with van der Waals surface area (Å²) in [5.41, 5.74) is 2.28. The van der Waals surface area contributed by atoms with Crippen LogP contribution < -0.4 is 4.31 Å². The molecule has 2 aromatic heterocycles. The first-order chi connectivity index (χ1) is 8.25. The Bertz CT molecular complexity index is 498. The lowest BCUT2D eigenvalue weighted by Crippen LogP contribution is -2.00. The van der Waals surface area contributed by atoms with Crippen LogP contribution in [0.3, 0.4) is 0 Å². The molecule has 0 amide bonds. The van der Waals surface area contributed by atoms with Crippen molar-refractivity contribution in [1.82, 2.24) is 9.97 Å². The first kappa shape index (κ1) is 11.0. The van der Waals surface area contributed by atoms with Crippen molar-refractivity contribution in [1.29, 1.82) is 0 Å². The summed E-state index contributed by atoms with van der Waals surface area (Å²) in [5, 5.41) is 2.20. The third-order valence-electron chi connectivity index (χ3n) is 2.80. The Hall–Kier alpha value is -1.07. The second-order valence-electron chi connectivity index (χ2n) is 4.25. The summed E-state index contributed by atoms with van der Waals surface area (Å²) in [6.07, 6.45) is 6.15. The molecule has 0 N–H and O–H groups in total. The SMILES string of the molecule is CN(S)c1sc(-c2cccnc2)nc1C1CC1. The van der Waals surface area contributed by atoms with Gasteiger partial charge in [-0.2, -0.15) is 0 Å². The minimum atomic E-state index is 0.640. The van der Waals surface area contributed by atoms with Crippen LogP contribution in [0, 0.1) is 0 Å². The summed E-state index contributed by atoms with van der Waals surface area (Å²) in [7, 11) is 1.95. The van der Waals surface area contributed by atoms with Gasteiger partial charge in [0.1, 0.15) is 10.0 Å². The van der Waals surface area contributed by atoms with Gasteiger partial charge in [0, 0.05) is 30.9 Å². The second kappa shape index (κ2) is 4.31. The minimum Gasteiger partial charge on any atom is -0.312 e. The molecule has 0 bridgehead atoms. The number of thiazole rings is 1. The number of rotatable bonds is 3. The molecule has 0 atom stereocenters. The van der Waals surface area contributed by atoms with Crippen molar-refractivity contribution < 1.29 is 0 Å². The average Bonchev–Trinajstić information content (AvgIpc) is 3.09. The topological polar surface area (TPSA) is 29.0 Å². The molecule has 1 aliphatic carbocycles. The molecule has 0 aliphatic heterocycles. The molecule has 0 saturated heterocycles. The van der Waals surface area contributed by atoms with E-state index in [1.807, 2.05) is 29.7 Å². The largest absolute Gasteiger partial charge is 0.312 e. The van der Waals surface area contributed by atoms with E-state index >= 15 is 0 Å². The zero-order valence-corrected chi connectivity index (χ0v) is 11.2. The molecule has 2 heterocycles. The van der Waals surface area contributed by atoms with Crippen molar-refractivity contribution in [2.24, 2.45) is 0 Å². The predicted molar refractivity (Wildman–Crippen MR) is 74.7 cm³/mol. The van der Waals surface area contributed by atoms with Crippen LogP contribution in [0.25, 0.3) is 10.6 Å². The lowest BCUT2D eigenvalue weighted by Gasteiger charge is -2.08. The molecule has 3 rings (SSSR count). The highest BCUT2D eigenvalue weighted by molar-refractivity contribution is 7.82. The maximum absolute atomic E-state index is 4.75. The molecule has 1 fully saturated rings. The molecule has 88 valence electrons. The maximum Gasteiger partial charge on any atom is 0.127 e. The van der Waals surface area contributed by atoms with Gasteiger partial charge in [-0.3, -0.25) is 4.98 Å². The van der Waals surface area contributed by atoms with Crippen molar-refractivity contribution in [3.8, 4) is 10.6 Å². The average molecular weight is 263 g/mol. The molecule has 1 aliphatic rings. The number of hydrogen-bond donors (Lipinski definition) is 1. The van der Waals surface area contributed by atoms with Crippen molar-refractivity contribution in [2.75, 3.05) is 11.4 Å². The standard InChI is InChI=1S/C12H13N3S2/c1-15(16)12-10(8-4-5-8)14-11(17-12)9-3-2-6-13-7-9/h2-3,6-8,16H,4-5H2,1H3. The van der Waals surface area contributed by atoms with E-state index in [1.54, 1.807) is 17.5 Å². The van der Waals surface area contributed by atoms with Gasteiger partial charge in [0.2, 0.25) is 0 Å². The second-order valence-corrected chi connectivity index (χ2v) is 5.83. The van der Waals surface area contributed by atoms with Gasteiger partial charge in [-0.15, -0.1) is 0 Å². The number of hydrogen-bond acceptors (Lipinski definition) is 5. The Morgan fingerprint density at radius 2 is 2.29 bits per heavy atom. The van der Waals surface area contributed by atoms with Gasteiger partial charge < -0.3 is 4.31 Å². The Morgan fingerprint density at radius 1 is 1.47 bits per heavy atom. The molecule has 0 unspecified atom stereocenters. The number of thiol groups is 1. The highest BCUT2D eigenvalue weighted by Crippen LogP contribution is 2.47. The molecule has 0 aromatic carbocycles. The normalized spacial score (nSPS) is 14.9. The van der Waals surface area contributed by atoms with Crippen molar-refractivity contribution >= 4 is 29.2 Å². The smallest absolute Gasteiger partial charge is 0.127 e. The Balaban J connectivity index is 2.04. The van der Waals surface area contributed by atoms with E-state index in [4.69, 9.17) is 4.98 Å². The van der Waals surface area contributed by atoms with E-state index in [0.29, 0.717) is 5.92 Å². The van der Waals surface area contributed by atoms with E-state index in [-0.39, 0.29) is 0 Å². The van der Waals surface area contributed by atoms with E-state index < -0.39 is 0 Å². The highest BCUT2D eigenvalue weighted by atomic mass is 32.1. The summed E-state index contributed by atoms with van der Waals surface area (Å²) in [5.74, 6) is 0.640. The van der Waals surface area contributed by atoms with Crippen molar-refractivity contribution in [3.63, 3.8) is 0 Å². The van der Waals surface area contributed by atoms with Crippen LogP contribution in [0.15, 0.2) is 24.5 Å². The minimum absolute atomic E-state index is 0.640. The van der Waals surface area contributed by atoms with Gasteiger partial charge in [0.15, 0.2) is 0 Å². The summed E-state index contributed by atoms with van der Waals surface area (Å²) in [6, 6.07) is 3.99. The summed E-state index contributed by atoms with van der Waals surface area (Å²) < 4.78 is 1.87. The predicted octanol–water partition coefficient (Wildman–Crippen LogP) is 3.36. The van der Waals surface area contributed by atoms with Gasteiger partial charge in [-0.05, 0) is 25.0 Å². The number of pyridine rings is 1. The summed E-state index contributed by atoms with van der Waals surface area (Å²) in [6.45, 7) is 0. The highest BCUT2D eigenvalue weighted by Gasteiger charge is 2.30. The van der Waals surface area contributed by atoms with Crippen LogP contribution in [0.1, 0.15) is 24.5 Å². The fourth-order valence-electron chi connectivity index (χ4n) is 1.79. The zero-order valence-electron chi connectivity index (χ0n) is 9.50. The third-order valence-corrected chi connectivity index (χ3v) is 4.33. The molecule has 0 radical (unpaired) electrons.